The van der Waals surface area contributed by atoms with Gasteiger partial charge < -0.3 is 66.3 Å². The van der Waals surface area contributed by atoms with E-state index < -0.39 is 90.8 Å². The SMILES string of the molecule is CC1CCOC(C)(CC(=O)OC[C@H](OC(=O)CC2(C)OCCC(C)O2)[C@H](OC(=O)CC2(C)OCCC(C)O2)C2(COC(=O)CC3(C)OCCC(C)O3)OCCC(C)O2)O1. The Hall–Kier alpha value is -2.52. The van der Waals surface area contributed by atoms with Crippen molar-refractivity contribution in [2.45, 2.75) is 192 Å². The molecular formula is C41H66O18. The lowest BCUT2D eigenvalue weighted by Crippen LogP contribution is -2.63. The Kier molecular flexibility index (Phi) is 16.2. The molecule has 10 unspecified atom stereocenters. The molecular weight excluding hydrogens is 780 g/mol. The lowest BCUT2D eigenvalue weighted by Gasteiger charge is -2.46. The van der Waals surface area contributed by atoms with Crippen molar-refractivity contribution in [3.8, 4) is 0 Å². The van der Waals surface area contributed by atoms with Crippen LogP contribution >= 0.6 is 0 Å². The molecule has 0 saturated carbocycles. The lowest BCUT2D eigenvalue weighted by atomic mass is 10.0. The average Bonchev–Trinajstić information content (AvgIpc) is 3.10. The molecule has 0 N–H and O–H groups in total. The molecule has 12 atom stereocenters. The maximum Gasteiger partial charge on any atom is 0.311 e. The van der Waals surface area contributed by atoms with Crippen LogP contribution in [0.15, 0.2) is 0 Å². The zero-order chi connectivity index (χ0) is 43.1. The van der Waals surface area contributed by atoms with Gasteiger partial charge in [-0.25, -0.2) is 0 Å². The highest BCUT2D eigenvalue weighted by atomic mass is 16.8. The molecule has 338 valence electrons. The van der Waals surface area contributed by atoms with Gasteiger partial charge in [-0.3, -0.25) is 19.2 Å². The number of rotatable bonds is 16. The number of hydrogen-bond donors (Lipinski definition) is 0. The van der Waals surface area contributed by atoms with E-state index in [-0.39, 0.29) is 50.3 Å². The van der Waals surface area contributed by atoms with Crippen molar-refractivity contribution in [3.05, 3.63) is 0 Å². The van der Waals surface area contributed by atoms with Crippen LogP contribution < -0.4 is 0 Å². The van der Waals surface area contributed by atoms with Gasteiger partial charge in [-0.15, -0.1) is 0 Å². The quantitative estimate of drug-likeness (QED) is 0.159. The van der Waals surface area contributed by atoms with Crippen molar-refractivity contribution in [1.29, 1.82) is 0 Å². The fraction of sp³-hybridized carbons (Fsp3) is 0.902. The second kappa shape index (κ2) is 20.1. The summed E-state index contributed by atoms with van der Waals surface area (Å²) in [5.41, 5.74) is 0. The molecule has 0 bridgehead atoms. The van der Waals surface area contributed by atoms with Crippen molar-refractivity contribution in [2.75, 3.05) is 46.2 Å². The fourth-order valence-electron chi connectivity index (χ4n) is 7.88. The summed E-state index contributed by atoms with van der Waals surface area (Å²) in [5.74, 6) is -10.5. The molecule has 18 nitrogen and oxygen atoms in total. The molecule has 5 heterocycles. The molecule has 5 aliphatic heterocycles. The fourth-order valence-corrected chi connectivity index (χ4v) is 7.88. The van der Waals surface area contributed by atoms with Crippen LogP contribution in [0, 0.1) is 0 Å². The molecule has 5 fully saturated rings. The Labute approximate surface area is 347 Å². The molecule has 0 spiro atoms. The summed E-state index contributed by atoms with van der Waals surface area (Å²) in [7, 11) is 0. The molecule has 0 aromatic heterocycles. The Morgan fingerprint density at radius 3 is 1.20 bits per heavy atom. The summed E-state index contributed by atoms with van der Waals surface area (Å²) < 4.78 is 83.7. The van der Waals surface area contributed by atoms with Gasteiger partial charge in [0.15, 0.2) is 35.4 Å². The summed E-state index contributed by atoms with van der Waals surface area (Å²) in [4.78, 5) is 55.0. The van der Waals surface area contributed by atoms with Gasteiger partial charge >= 0.3 is 23.9 Å². The van der Waals surface area contributed by atoms with Gasteiger partial charge in [-0.1, -0.05) is 0 Å². The van der Waals surface area contributed by atoms with Crippen LogP contribution in [0.5, 0.6) is 0 Å². The van der Waals surface area contributed by atoms with Crippen LogP contribution in [0.3, 0.4) is 0 Å². The summed E-state index contributed by atoms with van der Waals surface area (Å²) in [5, 5.41) is 0. The first-order valence-electron chi connectivity index (χ1n) is 21.0. The Morgan fingerprint density at radius 1 is 0.475 bits per heavy atom. The minimum absolute atomic E-state index is 0.0684. The van der Waals surface area contributed by atoms with Gasteiger partial charge in [0.05, 0.1) is 89.2 Å². The summed E-state index contributed by atoms with van der Waals surface area (Å²) in [6, 6.07) is 0. The van der Waals surface area contributed by atoms with Crippen molar-refractivity contribution in [3.63, 3.8) is 0 Å². The molecule has 59 heavy (non-hydrogen) atoms. The lowest BCUT2D eigenvalue weighted by molar-refractivity contribution is -0.354. The predicted molar refractivity (Wildman–Crippen MR) is 202 cm³/mol. The van der Waals surface area contributed by atoms with Crippen LogP contribution in [0.1, 0.15) is 120 Å². The normalized spacial score (nSPS) is 39.0. The monoisotopic (exact) mass is 846 g/mol. The highest BCUT2D eigenvalue weighted by molar-refractivity contribution is 5.73. The minimum atomic E-state index is -2.08. The largest absolute Gasteiger partial charge is 0.461 e. The standard InChI is InChI=1S/C41H66O18/c1-26-10-15-48-37(6,55-26)20-32(42)46-24-31(53-34(44)22-39(8)50-17-12-28(3)57-39)36(54-35(45)23-40(9)51-18-13-29(4)58-40)41(52-19-14-30(5)59-41)25-47-33(43)21-38(7)49-16-11-27(2)56-38/h26-31,36H,10-25H2,1-9H3/t26?,27?,28?,29?,30?,31-,36-,37?,38?,39?,40?,41?/m0/s1. The molecule has 0 radical (unpaired) electrons. The van der Waals surface area contributed by atoms with E-state index in [0.717, 1.165) is 0 Å². The van der Waals surface area contributed by atoms with Gasteiger partial charge in [-0.2, -0.15) is 0 Å². The predicted octanol–water partition coefficient (Wildman–Crippen LogP) is 4.14. The second-order valence-corrected chi connectivity index (χ2v) is 17.2. The molecule has 0 aromatic rings. The highest BCUT2D eigenvalue weighted by Crippen LogP contribution is 2.36. The molecule has 0 amide bonds. The first kappa shape index (κ1) is 47.5. The van der Waals surface area contributed by atoms with Crippen LogP contribution in [0.2, 0.25) is 0 Å². The van der Waals surface area contributed by atoms with E-state index in [1.165, 1.54) is 0 Å². The van der Waals surface area contributed by atoms with Crippen LogP contribution in [-0.2, 0) is 85.5 Å². The third-order valence-electron chi connectivity index (χ3n) is 10.8. The number of carbonyl (C=O) groups excluding carboxylic acids is 4. The smallest absolute Gasteiger partial charge is 0.311 e. The summed E-state index contributed by atoms with van der Waals surface area (Å²) in [6.07, 6.45) is -2.95. The Bertz CT molecular complexity index is 1450. The van der Waals surface area contributed by atoms with Crippen molar-refractivity contribution < 1.29 is 85.5 Å². The highest BCUT2D eigenvalue weighted by Gasteiger charge is 2.55. The maximum atomic E-state index is 14.1. The first-order valence-corrected chi connectivity index (χ1v) is 21.0. The Balaban J connectivity index is 1.46. The number of esters is 4. The molecule has 0 aliphatic carbocycles. The van der Waals surface area contributed by atoms with Crippen molar-refractivity contribution in [2.24, 2.45) is 0 Å². The molecule has 5 aliphatic rings. The van der Waals surface area contributed by atoms with Gasteiger partial charge in [0, 0.05) is 0 Å². The molecule has 5 saturated heterocycles. The van der Waals surface area contributed by atoms with Crippen LogP contribution in [0.25, 0.3) is 0 Å². The maximum absolute atomic E-state index is 14.1. The van der Waals surface area contributed by atoms with Crippen LogP contribution in [-0.4, -0.2) is 142 Å². The number of ether oxygens (including phenoxy) is 14. The van der Waals surface area contributed by atoms with E-state index in [2.05, 4.69) is 0 Å². The molecule has 5 rings (SSSR count). The first-order chi connectivity index (χ1) is 27.7. The minimum Gasteiger partial charge on any atom is -0.461 e. The topological polar surface area (TPSA) is 197 Å². The summed E-state index contributed by atoms with van der Waals surface area (Å²) in [6.45, 7) is 16.0. The zero-order valence-corrected chi connectivity index (χ0v) is 36.2. The Morgan fingerprint density at radius 2 is 0.814 bits per heavy atom. The van der Waals surface area contributed by atoms with Gasteiger partial charge in [0.1, 0.15) is 13.2 Å². The number of hydrogen-bond acceptors (Lipinski definition) is 18. The second-order valence-electron chi connectivity index (χ2n) is 17.2. The van der Waals surface area contributed by atoms with Gasteiger partial charge in [0.2, 0.25) is 5.79 Å². The zero-order valence-electron chi connectivity index (χ0n) is 36.2. The van der Waals surface area contributed by atoms with E-state index in [4.69, 9.17) is 66.3 Å². The van der Waals surface area contributed by atoms with E-state index in [0.29, 0.717) is 58.5 Å². The van der Waals surface area contributed by atoms with E-state index in [9.17, 15) is 19.2 Å². The van der Waals surface area contributed by atoms with E-state index in [1.54, 1.807) is 34.6 Å². The average molecular weight is 847 g/mol. The third kappa shape index (κ3) is 14.0. The summed E-state index contributed by atoms with van der Waals surface area (Å²) >= 11 is 0. The third-order valence-corrected chi connectivity index (χ3v) is 10.8. The molecule has 18 heteroatoms. The van der Waals surface area contributed by atoms with E-state index >= 15 is 0 Å². The van der Waals surface area contributed by atoms with Crippen molar-refractivity contribution in [1.82, 2.24) is 0 Å². The number of carbonyl (C=O) groups is 4. The van der Waals surface area contributed by atoms with Gasteiger partial charge in [-0.05, 0) is 94.4 Å². The molecule has 0 aromatic carbocycles. The van der Waals surface area contributed by atoms with Gasteiger partial charge in [0.25, 0.3) is 0 Å². The van der Waals surface area contributed by atoms with Crippen LogP contribution in [0.4, 0.5) is 0 Å². The van der Waals surface area contributed by atoms with Crippen molar-refractivity contribution >= 4 is 23.9 Å². The van der Waals surface area contributed by atoms with E-state index in [1.807, 2.05) is 27.7 Å².